The molecule has 1 aromatic heterocycles. The molecule has 0 saturated heterocycles. The van der Waals surface area contributed by atoms with E-state index in [1.54, 1.807) is 18.3 Å². The van der Waals surface area contributed by atoms with Crippen LogP contribution >= 0.6 is 23.2 Å². The van der Waals surface area contributed by atoms with E-state index in [9.17, 15) is 4.79 Å². The summed E-state index contributed by atoms with van der Waals surface area (Å²) >= 11 is 12.1. The van der Waals surface area contributed by atoms with Gasteiger partial charge in [0.15, 0.2) is 0 Å². The molecular formula is C14H15Cl2N3O. The SMILES string of the molecule is CC(C)Nc1cnn(Cc2cccc(Cl)c2Cl)c(=O)c1. The van der Waals surface area contributed by atoms with Crippen LogP contribution in [0.3, 0.4) is 0 Å². The molecule has 20 heavy (non-hydrogen) atoms. The number of nitrogens with zero attached hydrogens (tertiary/aromatic N) is 2. The maximum absolute atomic E-state index is 12.0. The van der Waals surface area contributed by atoms with Gasteiger partial charge in [-0.05, 0) is 25.5 Å². The summed E-state index contributed by atoms with van der Waals surface area (Å²) in [5.41, 5.74) is 1.28. The first kappa shape index (κ1) is 14.9. The first-order valence-corrected chi connectivity index (χ1v) is 6.99. The molecule has 2 aromatic rings. The number of aromatic nitrogens is 2. The van der Waals surface area contributed by atoms with Crippen LogP contribution in [-0.2, 0) is 6.54 Å². The van der Waals surface area contributed by atoms with Gasteiger partial charge in [0.25, 0.3) is 5.56 Å². The minimum absolute atomic E-state index is 0.188. The number of hydrogen-bond donors (Lipinski definition) is 1. The lowest BCUT2D eigenvalue weighted by Crippen LogP contribution is -2.24. The zero-order valence-electron chi connectivity index (χ0n) is 11.2. The quantitative estimate of drug-likeness (QED) is 0.941. The number of halogens is 2. The van der Waals surface area contributed by atoms with Crippen molar-refractivity contribution in [2.75, 3.05) is 5.32 Å². The second-order valence-corrected chi connectivity index (χ2v) is 5.54. The molecule has 0 radical (unpaired) electrons. The molecule has 0 aliphatic heterocycles. The van der Waals surface area contributed by atoms with Crippen molar-refractivity contribution in [1.82, 2.24) is 9.78 Å². The number of hydrogen-bond acceptors (Lipinski definition) is 3. The summed E-state index contributed by atoms with van der Waals surface area (Å²) in [6.07, 6.45) is 1.62. The first-order valence-electron chi connectivity index (χ1n) is 6.24. The van der Waals surface area contributed by atoms with E-state index in [0.29, 0.717) is 22.3 Å². The van der Waals surface area contributed by atoms with Crippen molar-refractivity contribution in [3.8, 4) is 0 Å². The fourth-order valence-corrected chi connectivity index (χ4v) is 2.18. The Kier molecular flexibility index (Phi) is 4.68. The van der Waals surface area contributed by atoms with Gasteiger partial charge < -0.3 is 5.32 Å². The average Bonchev–Trinajstić information content (AvgIpc) is 2.37. The van der Waals surface area contributed by atoms with Crippen LogP contribution in [0, 0.1) is 0 Å². The minimum Gasteiger partial charge on any atom is -0.381 e. The molecule has 0 atom stereocenters. The molecular weight excluding hydrogens is 297 g/mol. The maximum Gasteiger partial charge on any atom is 0.269 e. The van der Waals surface area contributed by atoms with Crippen molar-refractivity contribution >= 4 is 28.9 Å². The molecule has 2 rings (SSSR count). The van der Waals surface area contributed by atoms with Crippen molar-refractivity contribution < 1.29 is 0 Å². The summed E-state index contributed by atoms with van der Waals surface area (Å²) < 4.78 is 1.35. The van der Waals surface area contributed by atoms with E-state index in [-0.39, 0.29) is 11.6 Å². The van der Waals surface area contributed by atoms with Gasteiger partial charge >= 0.3 is 0 Å². The number of rotatable bonds is 4. The Morgan fingerprint density at radius 1 is 1.35 bits per heavy atom. The van der Waals surface area contributed by atoms with E-state index in [4.69, 9.17) is 23.2 Å². The standard InChI is InChI=1S/C14H15Cl2N3O/c1-9(2)18-11-6-13(20)19(17-7-11)8-10-4-3-5-12(15)14(10)16/h3-7,9,18H,8H2,1-2H3. The van der Waals surface area contributed by atoms with Gasteiger partial charge in [-0.15, -0.1) is 0 Å². The van der Waals surface area contributed by atoms with Gasteiger partial charge in [0.05, 0.1) is 28.5 Å². The Labute approximate surface area is 127 Å². The summed E-state index contributed by atoms with van der Waals surface area (Å²) in [5.74, 6) is 0. The molecule has 0 unspecified atom stereocenters. The molecule has 0 aliphatic rings. The lowest BCUT2D eigenvalue weighted by molar-refractivity contribution is 0.639. The Bertz CT molecular complexity index is 668. The molecule has 1 N–H and O–H groups in total. The van der Waals surface area contributed by atoms with Crippen LogP contribution in [-0.4, -0.2) is 15.8 Å². The molecule has 0 amide bonds. The zero-order chi connectivity index (χ0) is 14.7. The summed E-state index contributed by atoms with van der Waals surface area (Å²) in [7, 11) is 0. The smallest absolute Gasteiger partial charge is 0.269 e. The van der Waals surface area contributed by atoms with Crippen LogP contribution in [0.5, 0.6) is 0 Å². The molecule has 6 heteroatoms. The summed E-state index contributed by atoms with van der Waals surface area (Å²) in [5, 5.41) is 8.19. The third-order valence-electron chi connectivity index (χ3n) is 2.68. The van der Waals surface area contributed by atoms with Crippen molar-refractivity contribution in [3.05, 3.63) is 56.4 Å². The largest absolute Gasteiger partial charge is 0.381 e. The van der Waals surface area contributed by atoms with Gasteiger partial charge in [-0.1, -0.05) is 35.3 Å². The fraction of sp³-hybridized carbons (Fsp3) is 0.286. The van der Waals surface area contributed by atoms with Crippen molar-refractivity contribution in [1.29, 1.82) is 0 Å². The monoisotopic (exact) mass is 311 g/mol. The van der Waals surface area contributed by atoms with Gasteiger partial charge in [0, 0.05) is 12.1 Å². The molecule has 0 spiro atoms. The van der Waals surface area contributed by atoms with Gasteiger partial charge in [-0.2, -0.15) is 5.10 Å². The van der Waals surface area contributed by atoms with Gasteiger partial charge in [0.2, 0.25) is 0 Å². The van der Waals surface area contributed by atoms with E-state index in [1.165, 1.54) is 10.7 Å². The number of nitrogens with one attached hydrogen (secondary N) is 1. The van der Waals surface area contributed by atoms with Gasteiger partial charge in [0.1, 0.15) is 0 Å². The minimum atomic E-state index is -0.188. The lowest BCUT2D eigenvalue weighted by Gasteiger charge is -2.11. The zero-order valence-corrected chi connectivity index (χ0v) is 12.7. The third-order valence-corrected chi connectivity index (χ3v) is 3.53. The molecule has 0 saturated carbocycles. The highest BCUT2D eigenvalue weighted by atomic mass is 35.5. The van der Waals surface area contributed by atoms with Crippen LogP contribution in [0.1, 0.15) is 19.4 Å². The van der Waals surface area contributed by atoms with Crippen LogP contribution in [0.25, 0.3) is 0 Å². The molecule has 0 fully saturated rings. The Morgan fingerprint density at radius 2 is 2.10 bits per heavy atom. The van der Waals surface area contributed by atoms with E-state index < -0.39 is 0 Å². The second-order valence-electron chi connectivity index (χ2n) is 4.75. The highest BCUT2D eigenvalue weighted by Gasteiger charge is 2.07. The Morgan fingerprint density at radius 3 is 2.75 bits per heavy atom. The van der Waals surface area contributed by atoms with Crippen molar-refractivity contribution in [3.63, 3.8) is 0 Å². The highest BCUT2D eigenvalue weighted by molar-refractivity contribution is 6.42. The predicted octanol–water partition coefficient (Wildman–Crippen LogP) is 3.42. The molecule has 1 heterocycles. The van der Waals surface area contributed by atoms with Crippen LogP contribution in [0.4, 0.5) is 5.69 Å². The second kappa shape index (κ2) is 6.29. The predicted molar refractivity (Wildman–Crippen MR) is 82.8 cm³/mol. The summed E-state index contributed by atoms with van der Waals surface area (Å²) in [6, 6.07) is 7.09. The van der Waals surface area contributed by atoms with E-state index >= 15 is 0 Å². The van der Waals surface area contributed by atoms with Gasteiger partial charge in [-0.25, -0.2) is 4.68 Å². The van der Waals surface area contributed by atoms with E-state index in [0.717, 1.165) is 5.56 Å². The third kappa shape index (κ3) is 3.52. The lowest BCUT2D eigenvalue weighted by atomic mass is 10.2. The first-order chi connectivity index (χ1) is 9.47. The molecule has 0 aliphatic carbocycles. The molecule has 1 aromatic carbocycles. The van der Waals surface area contributed by atoms with Crippen molar-refractivity contribution in [2.24, 2.45) is 0 Å². The normalized spacial score (nSPS) is 10.8. The topological polar surface area (TPSA) is 46.9 Å². The number of benzene rings is 1. The van der Waals surface area contributed by atoms with Crippen LogP contribution < -0.4 is 10.9 Å². The Balaban J connectivity index is 2.26. The summed E-state index contributed by atoms with van der Waals surface area (Å²) in [4.78, 5) is 12.0. The van der Waals surface area contributed by atoms with E-state index in [1.807, 2.05) is 19.9 Å². The molecule has 0 bridgehead atoms. The van der Waals surface area contributed by atoms with Crippen LogP contribution in [0.15, 0.2) is 35.3 Å². The average molecular weight is 312 g/mol. The molecule has 106 valence electrons. The number of anilines is 1. The molecule has 4 nitrogen and oxygen atoms in total. The summed E-state index contributed by atoms with van der Waals surface area (Å²) in [6.45, 7) is 4.29. The Hall–Kier alpha value is -1.52. The van der Waals surface area contributed by atoms with Gasteiger partial charge in [-0.3, -0.25) is 4.79 Å². The maximum atomic E-state index is 12.0. The fourth-order valence-electron chi connectivity index (χ4n) is 1.80. The van der Waals surface area contributed by atoms with Crippen molar-refractivity contribution in [2.45, 2.75) is 26.4 Å². The van der Waals surface area contributed by atoms with Crippen LogP contribution in [0.2, 0.25) is 10.0 Å². The highest BCUT2D eigenvalue weighted by Crippen LogP contribution is 2.25. The van der Waals surface area contributed by atoms with E-state index in [2.05, 4.69) is 10.4 Å².